The summed E-state index contributed by atoms with van der Waals surface area (Å²) in [5.41, 5.74) is 1.15. The van der Waals surface area contributed by atoms with E-state index >= 15 is 0 Å². The molecule has 2 fully saturated rings. The lowest BCUT2D eigenvalue weighted by atomic mass is 9.94. The molecule has 2 aromatic rings. The Balaban J connectivity index is 1.19. The Morgan fingerprint density at radius 2 is 1.86 bits per heavy atom. The predicted octanol–water partition coefficient (Wildman–Crippen LogP) is 3.60. The van der Waals surface area contributed by atoms with Crippen LogP contribution in [0.25, 0.3) is 0 Å². The van der Waals surface area contributed by atoms with Crippen LogP contribution in [0, 0.1) is 5.92 Å². The van der Waals surface area contributed by atoms with E-state index in [9.17, 15) is 5.11 Å². The van der Waals surface area contributed by atoms with Gasteiger partial charge in [0.2, 0.25) is 0 Å². The van der Waals surface area contributed by atoms with Crippen molar-refractivity contribution in [2.45, 2.75) is 38.1 Å². The molecule has 0 spiro atoms. The third kappa shape index (κ3) is 5.76. The van der Waals surface area contributed by atoms with Crippen LogP contribution in [-0.2, 0) is 0 Å². The molecule has 156 valence electrons. The highest BCUT2D eigenvalue weighted by Crippen LogP contribution is 2.27. The van der Waals surface area contributed by atoms with E-state index in [1.54, 1.807) is 12.1 Å². The topological polar surface area (TPSA) is 66.9 Å². The fourth-order valence-electron chi connectivity index (χ4n) is 4.12. The first-order chi connectivity index (χ1) is 14.3. The zero-order valence-electron chi connectivity index (χ0n) is 16.9. The number of nitrogens with zero attached hydrogens (tertiary/aromatic N) is 2. The van der Waals surface area contributed by atoms with Gasteiger partial charge in [-0.25, -0.2) is 0 Å². The number of phenolic OH excluding ortho intramolecular Hbond substituents is 1. The van der Waals surface area contributed by atoms with E-state index in [-0.39, 0.29) is 5.75 Å². The Hall–Kier alpha value is -2.47. The summed E-state index contributed by atoms with van der Waals surface area (Å²) in [6.07, 6.45) is 9.57. The highest BCUT2D eigenvalue weighted by molar-refractivity contribution is 5.48. The molecule has 29 heavy (non-hydrogen) atoms. The Labute approximate surface area is 172 Å². The molecule has 6 nitrogen and oxygen atoms in total. The summed E-state index contributed by atoms with van der Waals surface area (Å²) in [5, 5.41) is 12.8. The lowest BCUT2D eigenvalue weighted by Gasteiger charge is -2.33. The molecule has 1 unspecified atom stereocenters. The van der Waals surface area contributed by atoms with Crippen LogP contribution in [-0.4, -0.2) is 49.0 Å². The van der Waals surface area contributed by atoms with Gasteiger partial charge in [-0.15, -0.1) is 0 Å². The van der Waals surface area contributed by atoms with Crippen molar-refractivity contribution >= 4 is 5.69 Å². The molecule has 6 heteroatoms. The zero-order valence-corrected chi connectivity index (χ0v) is 16.9. The van der Waals surface area contributed by atoms with Gasteiger partial charge in [0.05, 0.1) is 24.7 Å². The fraction of sp³-hybridized carbons (Fsp3) is 0.522. The van der Waals surface area contributed by atoms with Crippen LogP contribution in [0.3, 0.4) is 0 Å². The number of ether oxygens (including phenoxy) is 2. The minimum Gasteiger partial charge on any atom is -0.508 e. The molecule has 2 aliphatic heterocycles. The molecule has 1 aromatic carbocycles. The van der Waals surface area contributed by atoms with Gasteiger partial charge in [0, 0.05) is 25.2 Å². The van der Waals surface area contributed by atoms with Gasteiger partial charge in [0.1, 0.15) is 23.9 Å². The highest BCUT2D eigenvalue weighted by Gasteiger charge is 2.20. The third-order valence-corrected chi connectivity index (χ3v) is 5.92. The average Bonchev–Trinajstić information content (AvgIpc) is 3.28. The molecule has 1 aromatic heterocycles. The van der Waals surface area contributed by atoms with Crippen LogP contribution in [0.5, 0.6) is 17.2 Å². The first-order valence-electron chi connectivity index (χ1n) is 10.7. The van der Waals surface area contributed by atoms with E-state index < -0.39 is 0 Å². The van der Waals surface area contributed by atoms with Crippen molar-refractivity contribution in [3.63, 3.8) is 0 Å². The normalized spacial score (nSPS) is 20.0. The summed E-state index contributed by atoms with van der Waals surface area (Å²) in [7, 11) is 0. The average molecular weight is 398 g/mol. The van der Waals surface area contributed by atoms with Crippen molar-refractivity contribution in [2.24, 2.45) is 5.92 Å². The number of phenols is 1. The summed E-state index contributed by atoms with van der Waals surface area (Å²) in [6, 6.07) is 9.52. The Bertz CT molecular complexity index is 754. The van der Waals surface area contributed by atoms with E-state index in [1.165, 1.54) is 12.8 Å². The lowest BCUT2D eigenvalue weighted by Crippen LogP contribution is -2.34. The molecule has 0 saturated carbocycles. The van der Waals surface area contributed by atoms with Crippen molar-refractivity contribution in [1.82, 2.24) is 10.3 Å². The number of hydrogen-bond donors (Lipinski definition) is 2. The second-order valence-electron chi connectivity index (χ2n) is 8.04. The van der Waals surface area contributed by atoms with Crippen molar-refractivity contribution in [1.29, 1.82) is 0 Å². The SMILES string of the molecule is Oc1ccc(OCCC2CCN(c3cncc(OCC4CCCN4)c3)CC2)cc1. The summed E-state index contributed by atoms with van der Waals surface area (Å²) >= 11 is 0. The number of benzene rings is 1. The number of nitrogens with one attached hydrogen (secondary N) is 1. The van der Waals surface area contributed by atoms with Gasteiger partial charge in [-0.1, -0.05) is 0 Å². The van der Waals surface area contributed by atoms with Crippen LogP contribution in [0.2, 0.25) is 0 Å². The van der Waals surface area contributed by atoms with Crippen LogP contribution < -0.4 is 19.7 Å². The van der Waals surface area contributed by atoms with Crippen molar-refractivity contribution in [2.75, 3.05) is 37.7 Å². The number of piperidine rings is 1. The number of pyridine rings is 1. The first kappa shape index (κ1) is 19.8. The molecular formula is C23H31N3O3. The standard InChI is InChI=1S/C23H31N3O3/c27-21-3-5-22(6-4-21)28-13-9-18-7-11-26(12-8-18)20-14-23(16-24-15-20)29-17-19-2-1-10-25-19/h3-6,14-16,18-19,25,27H,1-2,7-13,17H2. The number of aromatic nitrogens is 1. The van der Waals surface area contributed by atoms with Gasteiger partial charge >= 0.3 is 0 Å². The lowest BCUT2D eigenvalue weighted by molar-refractivity contribution is 0.258. The summed E-state index contributed by atoms with van der Waals surface area (Å²) in [5.74, 6) is 2.63. The van der Waals surface area contributed by atoms with Crippen LogP contribution in [0.4, 0.5) is 5.69 Å². The zero-order chi connectivity index (χ0) is 19.9. The molecule has 2 aliphatic rings. The second kappa shape index (κ2) is 9.83. The maximum absolute atomic E-state index is 9.33. The number of aromatic hydroxyl groups is 1. The Morgan fingerprint density at radius 3 is 2.62 bits per heavy atom. The Kier molecular flexibility index (Phi) is 6.72. The number of rotatable bonds is 8. The minimum absolute atomic E-state index is 0.267. The predicted molar refractivity (Wildman–Crippen MR) is 114 cm³/mol. The van der Waals surface area contributed by atoms with E-state index in [0.29, 0.717) is 18.6 Å². The van der Waals surface area contributed by atoms with Gasteiger partial charge in [-0.05, 0) is 68.8 Å². The summed E-state index contributed by atoms with van der Waals surface area (Å²) in [6.45, 7) is 4.61. The molecule has 0 aliphatic carbocycles. The van der Waals surface area contributed by atoms with Crippen molar-refractivity contribution < 1.29 is 14.6 Å². The Morgan fingerprint density at radius 1 is 1.03 bits per heavy atom. The molecule has 0 bridgehead atoms. The highest BCUT2D eigenvalue weighted by atomic mass is 16.5. The molecule has 2 saturated heterocycles. The molecule has 1 atom stereocenters. The van der Waals surface area contributed by atoms with E-state index in [4.69, 9.17) is 9.47 Å². The van der Waals surface area contributed by atoms with Gasteiger partial charge in [-0.2, -0.15) is 0 Å². The smallest absolute Gasteiger partial charge is 0.139 e. The maximum Gasteiger partial charge on any atom is 0.139 e. The monoisotopic (exact) mass is 397 g/mol. The molecular weight excluding hydrogens is 366 g/mol. The first-order valence-corrected chi connectivity index (χ1v) is 10.7. The molecule has 0 amide bonds. The number of hydrogen-bond acceptors (Lipinski definition) is 6. The van der Waals surface area contributed by atoms with Gasteiger partial charge in [-0.3, -0.25) is 4.98 Å². The van der Waals surface area contributed by atoms with Crippen LogP contribution >= 0.6 is 0 Å². The van der Waals surface area contributed by atoms with Gasteiger partial charge in [0.25, 0.3) is 0 Å². The van der Waals surface area contributed by atoms with Crippen LogP contribution in [0.15, 0.2) is 42.7 Å². The summed E-state index contributed by atoms with van der Waals surface area (Å²) in [4.78, 5) is 6.80. The second-order valence-corrected chi connectivity index (χ2v) is 8.04. The largest absolute Gasteiger partial charge is 0.508 e. The van der Waals surface area contributed by atoms with Gasteiger partial charge in [0.15, 0.2) is 0 Å². The minimum atomic E-state index is 0.267. The van der Waals surface area contributed by atoms with Gasteiger partial charge < -0.3 is 24.8 Å². The van der Waals surface area contributed by atoms with E-state index in [0.717, 1.165) is 62.7 Å². The maximum atomic E-state index is 9.33. The van der Waals surface area contributed by atoms with Crippen LogP contribution in [0.1, 0.15) is 32.1 Å². The van der Waals surface area contributed by atoms with Crippen molar-refractivity contribution in [3.8, 4) is 17.2 Å². The quantitative estimate of drug-likeness (QED) is 0.709. The third-order valence-electron chi connectivity index (χ3n) is 5.92. The number of anilines is 1. The fourth-order valence-corrected chi connectivity index (χ4v) is 4.12. The molecule has 0 radical (unpaired) electrons. The molecule has 3 heterocycles. The van der Waals surface area contributed by atoms with Crippen molar-refractivity contribution in [3.05, 3.63) is 42.7 Å². The van der Waals surface area contributed by atoms with E-state index in [2.05, 4.69) is 21.3 Å². The molecule has 4 rings (SSSR count). The molecule has 2 N–H and O–H groups in total. The summed E-state index contributed by atoms with van der Waals surface area (Å²) < 4.78 is 11.8. The van der Waals surface area contributed by atoms with E-state index in [1.807, 2.05) is 24.5 Å².